The van der Waals surface area contributed by atoms with Crippen molar-refractivity contribution in [2.45, 2.75) is 33.2 Å². The number of amides is 1. The number of nitrogens with one attached hydrogen (secondary N) is 1. The molecule has 6 heteroatoms. The van der Waals surface area contributed by atoms with Gasteiger partial charge in [-0.15, -0.1) is 0 Å². The average molecular weight is 307 g/mol. The van der Waals surface area contributed by atoms with Crippen LogP contribution in [0.15, 0.2) is 18.2 Å². The van der Waals surface area contributed by atoms with Gasteiger partial charge >= 0.3 is 0 Å². The van der Waals surface area contributed by atoms with Crippen LogP contribution < -0.4 is 0 Å². The number of nitrogens with zero attached hydrogens (tertiary/aromatic N) is 3. The van der Waals surface area contributed by atoms with Crippen molar-refractivity contribution in [2.24, 2.45) is 0 Å². The summed E-state index contributed by atoms with van der Waals surface area (Å²) < 4.78 is 0. The van der Waals surface area contributed by atoms with Crippen LogP contribution in [0.4, 0.5) is 0 Å². The molecule has 0 bridgehead atoms. The third-order valence-electron chi connectivity index (χ3n) is 3.31. The summed E-state index contributed by atoms with van der Waals surface area (Å²) in [5, 5.41) is 7.54. The van der Waals surface area contributed by atoms with E-state index in [-0.39, 0.29) is 5.91 Å². The van der Waals surface area contributed by atoms with Crippen molar-refractivity contribution in [3.05, 3.63) is 46.0 Å². The summed E-state index contributed by atoms with van der Waals surface area (Å²) in [5.74, 6) is 1.44. The molecule has 21 heavy (non-hydrogen) atoms. The molecule has 0 radical (unpaired) electrons. The van der Waals surface area contributed by atoms with Gasteiger partial charge < -0.3 is 4.90 Å². The number of carbonyl (C=O) groups excluding carboxylic acids is 1. The van der Waals surface area contributed by atoms with Crippen LogP contribution in [-0.2, 0) is 17.8 Å². The highest BCUT2D eigenvalue weighted by Crippen LogP contribution is 2.17. The van der Waals surface area contributed by atoms with Gasteiger partial charge in [-0.3, -0.25) is 9.89 Å². The predicted molar refractivity (Wildman–Crippen MR) is 82.1 cm³/mol. The zero-order valence-corrected chi connectivity index (χ0v) is 13.2. The average Bonchev–Trinajstić information content (AvgIpc) is 2.85. The fraction of sp³-hybridized carbons (Fsp3) is 0.400. The van der Waals surface area contributed by atoms with Gasteiger partial charge in [0.05, 0.1) is 6.54 Å². The maximum Gasteiger partial charge on any atom is 0.223 e. The lowest BCUT2D eigenvalue weighted by molar-refractivity contribution is -0.130. The second-order valence-corrected chi connectivity index (χ2v) is 5.58. The molecule has 5 nitrogen and oxygen atoms in total. The van der Waals surface area contributed by atoms with Gasteiger partial charge in [-0.1, -0.05) is 23.7 Å². The highest BCUT2D eigenvalue weighted by atomic mass is 35.5. The number of halogens is 1. The van der Waals surface area contributed by atoms with Gasteiger partial charge in [0, 0.05) is 18.5 Å². The third kappa shape index (κ3) is 4.29. The number of hydrogen-bond donors (Lipinski definition) is 1. The van der Waals surface area contributed by atoms with Crippen molar-refractivity contribution in [1.82, 2.24) is 20.1 Å². The van der Waals surface area contributed by atoms with Gasteiger partial charge in [0.15, 0.2) is 5.82 Å². The number of carbonyl (C=O) groups is 1. The van der Waals surface area contributed by atoms with Crippen LogP contribution in [0.2, 0.25) is 5.02 Å². The van der Waals surface area contributed by atoms with Gasteiger partial charge in [0.2, 0.25) is 5.91 Å². The van der Waals surface area contributed by atoms with E-state index in [9.17, 15) is 4.79 Å². The van der Waals surface area contributed by atoms with E-state index in [2.05, 4.69) is 15.2 Å². The van der Waals surface area contributed by atoms with Crippen molar-refractivity contribution >= 4 is 17.5 Å². The molecule has 1 aromatic carbocycles. The fourth-order valence-electron chi connectivity index (χ4n) is 1.99. The standard InChI is InChI=1S/C15H19ClN4O/c1-10-4-5-12(8-13(10)16)6-7-15(21)20(3)9-14-17-11(2)18-19-14/h4-5,8H,6-7,9H2,1-3H3,(H,17,18,19). The molecule has 0 fully saturated rings. The van der Waals surface area contributed by atoms with Gasteiger partial charge in [-0.05, 0) is 37.5 Å². The Hall–Kier alpha value is -1.88. The maximum absolute atomic E-state index is 12.1. The van der Waals surface area contributed by atoms with Gasteiger partial charge in [0.1, 0.15) is 5.82 Å². The monoisotopic (exact) mass is 306 g/mol. The highest BCUT2D eigenvalue weighted by Gasteiger charge is 2.12. The highest BCUT2D eigenvalue weighted by molar-refractivity contribution is 6.31. The molecule has 0 aliphatic heterocycles. The number of aryl methyl sites for hydroxylation is 3. The van der Waals surface area contributed by atoms with E-state index in [1.165, 1.54) is 0 Å². The first-order valence-electron chi connectivity index (χ1n) is 6.82. The molecular weight excluding hydrogens is 288 g/mol. The smallest absolute Gasteiger partial charge is 0.223 e. The molecule has 2 aromatic rings. The lowest BCUT2D eigenvalue weighted by Gasteiger charge is -2.15. The number of rotatable bonds is 5. The minimum Gasteiger partial charge on any atom is -0.338 e. The van der Waals surface area contributed by atoms with Crippen LogP contribution >= 0.6 is 11.6 Å². The zero-order chi connectivity index (χ0) is 15.4. The molecule has 112 valence electrons. The Bertz CT molecular complexity index is 638. The van der Waals surface area contributed by atoms with E-state index in [1.807, 2.05) is 32.0 Å². The first-order chi connectivity index (χ1) is 9.95. The summed E-state index contributed by atoms with van der Waals surface area (Å²) in [4.78, 5) is 17.9. The Morgan fingerprint density at radius 3 is 2.76 bits per heavy atom. The van der Waals surface area contributed by atoms with Crippen molar-refractivity contribution in [2.75, 3.05) is 7.05 Å². The lowest BCUT2D eigenvalue weighted by atomic mass is 10.1. The minimum atomic E-state index is 0.0640. The largest absolute Gasteiger partial charge is 0.338 e. The molecule has 0 aliphatic rings. The van der Waals surface area contributed by atoms with Crippen LogP contribution in [-0.4, -0.2) is 33.0 Å². The SMILES string of the molecule is Cc1nc(CN(C)C(=O)CCc2ccc(C)c(Cl)c2)n[nH]1. The fourth-order valence-corrected chi connectivity index (χ4v) is 2.20. The normalized spacial score (nSPS) is 10.7. The van der Waals surface area contributed by atoms with E-state index >= 15 is 0 Å². The summed E-state index contributed by atoms with van der Waals surface area (Å²) in [6.45, 7) is 4.21. The molecule has 0 atom stereocenters. The topological polar surface area (TPSA) is 61.9 Å². The van der Waals surface area contributed by atoms with E-state index in [0.717, 1.165) is 22.0 Å². The summed E-state index contributed by atoms with van der Waals surface area (Å²) in [6, 6.07) is 5.90. The molecule has 1 amide bonds. The number of benzene rings is 1. The molecule has 2 rings (SSSR count). The first kappa shape index (κ1) is 15.5. The van der Waals surface area contributed by atoms with Crippen molar-refractivity contribution < 1.29 is 4.79 Å². The third-order valence-corrected chi connectivity index (χ3v) is 3.72. The molecule has 0 saturated heterocycles. The van der Waals surface area contributed by atoms with Crippen LogP contribution in [0.3, 0.4) is 0 Å². The van der Waals surface area contributed by atoms with Gasteiger partial charge in [0.25, 0.3) is 0 Å². The Kier molecular flexibility index (Phi) is 4.96. The first-order valence-corrected chi connectivity index (χ1v) is 7.20. The second-order valence-electron chi connectivity index (χ2n) is 5.17. The number of aromatic amines is 1. The Morgan fingerprint density at radius 1 is 1.38 bits per heavy atom. The molecule has 0 saturated carbocycles. The van der Waals surface area contributed by atoms with Crippen LogP contribution in [0.5, 0.6) is 0 Å². The minimum absolute atomic E-state index is 0.0640. The van der Waals surface area contributed by atoms with E-state index in [4.69, 9.17) is 11.6 Å². The number of H-pyrrole nitrogens is 1. The zero-order valence-electron chi connectivity index (χ0n) is 12.5. The summed E-state index contributed by atoms with van der Waals surface area (Å²) in [5.41, 5.74) is 2.12. The lowest BCUT2D eigenvalue weighted by Crippen LogP contribution is -2.26. The maximum atomic E-state index is 12.1. The van der Waals surface area contributed by atoms with Crippen LogP contribution in [0, 0.1) is 13.8 Å². The Labute approximate surface area is 129 Å². The molecule has 1 N–H and O–H groups in total. The van der Waals surface area contributed by atoms with Gasteiger partial charge in [-0.25, -0.2) is 4.98 Å². The van der Waals surface area contributed by atoms with Crippen molar-refractivity contribution in [3.8, 4) is 0 Å². The molecule has 1 aromatic heterocycles. The van der Waals surface area contributed by atoms with Crippen molar-refractivity contribution in [1.29, 1.82) is 0 Å². The van der Waals surface area contributed by atoms with E-state index in [1.54, 1.807) is 11.9 Å². The molecule has 1 heterocycles. The summed E-state index contributed by atoms with van der Waals surface area (Å²) >= 11 is 6.09. The molecular formula is C15H19ClN4O. The predicted octanol–water partition coefficient (Wildman–Crippen LogP) is 2.67. The van der Waals surface area contributed by atoms with Crippen LogP contribution in [0.25, 0.3) is 0 Å². The molecule has 0 aliphatic carbocycles. The van der Waals surface area contributed by atoms with Crippen molar-refractivity contribution in [3.63, 3.8) is 0 Å². The quantitative estimate of drug-likeness (QED) is 0.924. The van der Waals surface area contributed by atoms with Gasteiger partial charge in [-0.2, -0.15) is 5.10 Å². The Morgan fingerprint density at radius 2 is 2.14 bits per heavy atom. The second kappa shape index (κ2) is 6.72. The van der Waals surface area contributed by atoms with Crippen LogP contribution in [0.1, 0.15) is 29.2 Å². The number of aromatic nitrogens is 3. The number of hydrogen-bond acceptors (Lipinski definition) is 3. The Balaban J connectivity index is 1.87. The molecule has 0 unspecified atom stereocenters. The summed E-state index contributed by atoms with van der Waals surface area (Å²) in [6.07, 6.45) is 1.12. The van der Waals surface area contributed by atoms with E-state index < -0.39 is 0 Å². The summed E-state index contributed by atoms with van der Waals surface area (Å²) in [7, 11) is 1.76. The van der Waals surface area contributed by atoms with E-state index in [0.29, 0.717) is 25.2 Å². The molecule has 0 spiro atoms.